The molecule has 3 rings (SSSR count). The van der Waals surface area contributed by atoms with Gasteiger partial charge in [0.2, 0.25) is 5.82 Å². The molecule has 3 aromatic rings. The Hall–Kier alpha value is -2.51. The lowest BCUT2D eigenvalue weighted by Gasteiger charge is -2.03. The Kier molecular flexibility index (Phi) is 3.99. The van der Waals surface area contributed by atoms with Gasteiger partial charge in [-0.1, -0.05) is 28.4 Å². The van der Waals surface area contributed by atoms with Crippen LogP contribution in [0, 0.1) is 0 Å². The highest BCUT2D eigenvalue weighted by Crippen LogP contribution is 2.23. The number of nitrogens with one attached hydrogen (secondary N) is 1. The first kappa shape index (κ1) is 14.4. The summed E-state index contributed by atoms with van der Waals surface area (Å²) in [4.78, 5) is 23.9. The number of hydrogen-bond donors (Lipinski definition) is 1. The molecule has 0 aliphatic heterocycles. The normalized spacial score (nSPS) is 10.5. The third kappa shape index (κ3) is 3.21. The zero-order chi connectivity index (χ0) is 15.5. The summed E-state index contributed by atoms with van der Waals surface area (Å²) in [5.41, 5.74) is 0.817. The van der Waals surface area contributed by atoms with Gasteiger partial charge in [0.15, 0.2) is 0 Å². The first-order chi connectivity index (χ1) is 10.6. The Morgan fingerprint density at radius 3 is 2.59 bits per heavy atom. The number of halogens is 2. The standard InChI is InChI=1S/C13H7Cl2N5O2/c14-7-3-8(15)5-9(4-7)18-12(21)13-19-11(20-22-13)10-6-16-1-2-17-10/h1-6H,(H,18,21). The highest BCUT2D eigenvalue weighted by molar-refractivity contribution is 6.35. The summed E-state index contributed by atoms with van der Waals surface area (Å²) in [5, 5.41) is 7.04. The Morgan fingerprint density at radius 2 is 1.91 bits per heavy atom. The molecular weight excluding hydrogens is 329 g/mol. The second-order valence-electron chi connectivity index (χ2n) is 4.13. The maximum absolute atomic E-state index is 12.1. The number of nitrogens with zero attached hydrogens (tertiary/aromatic N) is 4. The molecule has 1 aromatic carbocycles. The molecule has 1 amide bonds. The number of hydrogen-bond acceptors (Lipinski definition) is 6. The first-order valence-electron chi connectivity index (χ1n) is 5.99. The maximum atomic E-state index is 12.1. The monoisotopic (exact) mass is 335 g/mol. The van der Waals surface area contributed by atoms with E-state index in [0.717, 1.165) is 0 Å². The summed E-state index contributed by atoms with van der Waals surface area (Å²) in [6.07, 6.45) is 4.46. The van der Waals surface area contributed by atoms with Gasteiger partial charge in [0.1, 0.15) is 5.69 Å². The summed E-state index contributed by atoms with van der Waals surface area (Å²) in [5.74, 6) is -0.625. The topological polar surface area (TPSA) is 93.8 Å². The molecule has 2 aromatic heterocycles. The van der Waals surface area contributed by atoms with Crippen molar-refractivity contribution in [2.75, 3.05) is 5.32 Å². The van der Waals surface area contributed by atoms with E-state index in [1.807, 2.05) is 0 Å². The van der Waals surface area contributed by atoms with Gasteiger partial charge in [0.25, 0.3) is 0 Å². The second-order valence-corrected chi connectivity index (χ2v) is 5.00. The number of anilines is 1. The third-order valence-electron chi connectivity index (χ3n) is 2.53. The van der Waals surface area contributed by atoms with Crippen LogP contribution in [-0.4, -0.2) is 26.0 Å². The average Bonchev–Trinajstić information content (AvgIpc) is 2.97. The van der Waals surface area contributed by atoms with Gasteiger partial charge in [-0.2, -0.15) is 4.98 Å². The highest BCUT2D eigenvalue weighted by Gasteiger charge is 2.17. The summed E-state index contributed by atoms with van der Waals surface area (Å²) < 4.78 is 4.91. The van der Waals surface area contributed by atoms with Gasteiger partial charge in [-0.3, -0.25) is 9.78 Å². The number of carbonyl (C=O) groups excluding carboxylic acids is 1. The molecule has 110 valence electrons. The number of amides is 1. The molecule has 7 nitrogen and oxygen atoms in total. The summed E-state index contributed by atoms with van der Waals surface area (Å²) in [6, 6.07) is 4.65. The van der Waals surface area contributed by atoms with E-state index in [2.05, 4.69) is 25.4 Å². The van der Waals surface area contributed by atoms with Crippen LogP contribution in [0.25, 0.3) is 11.5 Å². The lowest BCUT2D eigenvalue weighted by molar-refractivity contribution is 0.0981. The first-order valence-corrected chi connectivity index (χ1v) is 6.75. The van der Waals surface area contributed by atoms with Gasteiger partial charge >= 0.3 is 11.8 Å². The maximum Gasteiger partial charge on any atom is 0.316 e. The van der Waals surface area contributed by atoms with E-state index < -0.39 is 5.91 Å². The smallest absolute Gasteiger partial charge is 0.316 e. The molecule has 9 heteroatoms. The predicted molar refractivity (Wildman–Crippen MR) is 79.7 cm³/mol. The fourth-order valence-corrected chi connectivity index (χ4v) is 2.17. The van der Waals surface area contributed by atoms with Crippen molar-refractivity contribution < 1.29 is 9.32 Å². The second kappa shape index (κ2) is 6.08. The fourth-order valence-electron chi connectivity index (χ4n) is 1.64. The van der Waals surface area contributed by atoms with Crippen molar-refractivity contribution >= 4 is 34.8 Å². The van der Waals surface area contributed by atoms with E-state index in [-0.39, 0.29) is 11.7 Å². The molecule has 0 radical (unpaired) electrons. The van der Waals surface area contributed by atoms with Crippen molar-refractivity contribution in [2.24, 2.45) is 0 Å². The Bertz CT molecular complexity index is 802. The van der Waals surface area contributed by atoms with E-state index in [9.17, 15) is 4.79 Å². The van der Waals surface area contributed by atoms with E-state index >= 15 is 0 Å². The summed E-state index contributed by atoms with van der Waals surface area (Å²) in [7, 11) is 0. The van der Waals surface area contributed by atoms with Crippen LogP contribution < -0.4 is 5.32 Å². The predicted octanol–water partition coefficient (Wildman–Crippen LogP) is 3.09. The average molecular weight is 336 g/mol. The van der Waals surface area contributed by atoms with E-state index in [1.165, 1.54) is 18.6 Å². The summed E-state index contributed by atoms with van der Waals surface area (Å²) in [6.45, 7) is 0. The zero-order valence-corrected chi connectivity index (χ0v) is 12.3. The van der Waals surface area contributed by atoms with Crippen LogP contribution in [0.4, 0.5) is 5.69 Å². The van der Waals surface area contributed by atoms with Crippen molar-refractivity contribution in [2.45, 2.75) is 0 Å². The van der Waals surface area contributed by atoms with Crippen LogP contribution in [0.2, 0.25) is 10.0 Å². The van der Waals surface area contributed by atoms with E-state index in [1.54, 1.807) is 18.2 Å². The molecule has 0 unspecified atom stereocenters. The largest absolute Gasteiger partial charge is 0.328 e. The van der Waals surface area contributed by atoms with Crippen LogP contribution in [0.15, 0.2) is 41.3 Å². The van der Waals surface area contributed by atoms with Crippen molar-refractivity contribution in [3.8, 4) is 11.5 Å². The number of rotatable bonds is 3. The number of carbonyl (C=O) groups is 1. The summed E-state index contributed by atoms with van der Waals surface area (Å²) >= 11 is 11.7. The van der Waals surface area contributed by atoms with Crippen LogP contribution in [0.3, 0.4) is 0 Å². The van der Waals surface area contributed by atoms with Crippen molar-refractivity contribution in [3.05, 3.63) is 52.7 Å². The zero-order valence-electron chi connectivity index (χ0n) is 10.8. The molecule has 1 N–H and O–H groups in total. The molecule has 0 aliphatic rings. The van der Waals surface area contributed by atoms with Crippen LogP contribution in [-0.2, 0) is 0 Å². The minimum absolute atomic E-state index is 0.169. The SMILES string of the molecule is O=C(Nc1cc(Cl)cc(Cl)c1)c1nc(-c2cnccn2)no1. The molecule has 0 atom stereocenters. The van der Waals surface area contributed by atoms with Gasteiger partial charge in [-0.05, 0) is 18.2 Å². The Morgan fingerprint density at radius 1 is 1.14 bits per heavy atom. The highest BCUT2D eigenvalue weighted by atomic mass is 35.5. The lowest BCUT2D eigenvalue weighted by atomic mass is 10.3. The van der Waals surface area contributed by atoms with E-state index in [0.29, 0.717) is 21.4 Å². The van der Waals surface area contributed by atoms with Crippen molar-refractivity contribution in [1.82, 2.24) is 20.1 Å². The molecule has 0 saturated carbocycles. The number of benzene rings is 1. The van der Waals surface area contributed by atoms with Crippen molar-refractivity contribution in [3.63, 3.8) is 0 Å². The van der Waals surface area contributed by atoms with Gasteiger partial charge in [-0.15, -0.1) is 0 Å². The third-order valence-corrected chi connectivity index (χ3v) is 2.97. The Labute approximate surface area is 134 Å². The molecule has 22 heavy (non-hydrogen) atoms. The molecule has 0 spiro atoms. The molecular formula is C13H7Cl2N5O2. The minimum atomic E-state index is -0.582. The quantitative estimate of drug-likeness (QED) is 0.790. The van der Waals surface area contributed by atoms with Gasteiger partial charge in [-0.25, -0.2) is 4.98 Å². The van der Waals surface area contributed by atoms with Gasteiger partial charge in [0.05, 0.1) is 6.20 Å². The van der Waals surface area contributed by atoms with Crippen LogP contribution in [0.5, 0.6) is 0 Å². The minimum Gasteiger partial charge on any atom is -0.328 e. The van der Waals surface area contributed by atoms with Crippen molar-refractivity contribution in [1.29, 1.82) is 0 Å². The fraction of sp³-hybridized carbons (Fsp3) is 0. The molecule has 0 saturated heterocycles. The van der Waals surface area contributed by atoms with Gasteiger partial charge < -0.3 is 9.84 Å². The van der Waals surface area contributed by atoms with E-state index in [4.69, 9.17) is 27.7 Å². The van der Waals surface area contributed by atoms with Gasteiger partial charge in [0, 0.05) is 28.1 Å². The number of aromatic nitrogens is 4. The lowest BCUT2D eigenvalue weighted by Crippen LogP contribution is -2.12. The molecule has 0 bridgehead atoms. The molecule has 0 aliphatic carbocycles. The molecule has 0 fully saturated rings. The molecule has 2 heterocycles. The van der Waals surface area contributed by atoms with Crippen LogP contribution >= 0.6 is 23.2 Å². The Balaban J connectivity index is 1.80. The van der Waals surface area contributed by atoms with Crippen LogP contribution in [0.1, 0.15) is 10.7 Å².